The van der Waals surface area contributed by atoms with Crippen molar-refractivity contribution in [3.05, 3.63) is 23.7 Å². The largest absolute Gasteiger partial charge is 0.463 e. The van der Waals surface area contributed by atoms with Crippen molar-refractivity contribution in [1.29, 1.82) is 0 Å². The fourth-order valence-corrected chi connectivity index (χ4v) is 3.31. The van der Waals surface area contributed by atoms with Crippen molar-refractivity contribution < 1.29 is 23.6 Å². The lowest BCUT2D eigenvalue weighted by Crippen LogP contribution is -2.48. The lowest BCUT2D eigenvalue weighted by atomic mass is 9.99. The lowest BCUT2D eigenvalue weighted by molar-refractivity contribution is -0.135. The molecule has 1 aliphatic carbocycles. The van der Waals surface area contributed by atoms with Crippen LogP contribution in [-0.4, -0.2) is 41.4 Å². The molecular formula is C17H22N4O5. The highest BCUT2D eigenvalue weighted by Gasteiger charge is 2.51. The molecule has 0 radical (unpaired) electrons. The van der Waals surface area contributed by atoms with Gasteiger partial charge in [0.15, 0.2) is 5.54 Å². The highest BCUT2D eigenvalue weighted by molar-refractivity contribution is 6.09. The average Bonchev–Trinajstić information content (AvgIpc) is 3.26. The van der Waals surface area contributed by atoms with Gasteiger partial charge in [0.25, 0.3) is 5.91 Å². The maximum absolute atomic E-state index is 12.6. The predicted octanol–water partition coefficient (Wildman–Crippen LogP) is 1.12. The number of hydrogen-bond donors (Lipinski definition) is 3. The number of rotatable bonds is 4. The molecule has 1 saturated carbocycles. The van der Waals surface area contributed by atoms with Crippen LogP contribution in [0.1, 0.15) is 44.1 Å². The molecule has 9 nitrogen and oxygen atoms in total. The molecule has 9 heteroatoms. The van der Waals surface area contributed by atoms with Crippen molar-refractivity contribution in [2.24, 2.45) is 0 Å². The van der Waals surface area contributed by atoms with E-state index >= 15 is 0 Å². The number of urea groups is 2. The molecule has 140 valence electrons. The van der Waals surface area contributed by atoms with Gasteiger partial charge in [-0.15, -0.1) is 0 Å². The van der Waals surface area contributed by atoms with Crippen molar-refractivity contribution in [3.63, 3.8) is 0 Å². The van der Waals surface area contributed by atoms with Crippen molar-refractivity contribution in [2.45, 2.75) is 51.1 Å². The van der Waals surface area contributed by atoms with Crippen LogP contribution in [0.3, 0.4) is 0 Å². The summed E-state index contributed by atoms with van der Waals surface area (Å²) >= 11 is 0. The normalized spacial score (nSPS) is 23.2. The van der Waals surface area contributed by atoms with Gasteiger partial charge in [0, 0.05) is 6.04 Å². The summed E-state index contributed by atoms with van der Waals surface area (Å²) in [7, 11) is 0. The van der Waals surface area contributed by atoms with E-state index in [1.54, 1.807) is 19.1 Å². The first-order valence-corrected chi connectivity index (χ1v) is 8.61. The van der Waals surface area contributed by atoms with Gasteiger partial charge in [-0.2, -0.15) is 0 Å². The molecule has 1 unspecified atom stereocenters. The molecule has 1 atom stereocenters. The third-order valence-electron chi connectivity index (χ3n) is 4.75. The molecule has 1 saturated heterocycles. The van der Waals surface area contributed by atoms with Crippen LogP contribution in [0.4, 0.5) is 9.59 Å². The Hall–Kier alpha value is -2.84. The predicted molar refractivity (Wildman–Crippen MR) is 90.0 cm³/mol. The molecule has 1 aromatic rings. The minimum absolute atomic E-state index is 0.0602. The summed E-state index contributed by atoms with van der Waals surface area (Å²) in [5.41, 5.74) is -1.38. The van der Waals surface area contributed by atoms with Crippen LogP contribution < -0.4 is 16.0 Å². The Morgan fingerprint density at radius 1 is 1.31 bits per heavy atom. The number of imide groups is 2. The highest BCUT2D eigenvalue weighted by Crippen LogP contribution is 2.29. The summed E-state index contributed by atoms with van der Waals surface area (Å²) in [6.45, 7) is 2.69. The maximum atomic E-state index is 12.6. The van der Waals surface area contributed by atoms with Crippen molar-refractivity contribution in [3.8, 4) is 0 Å². The van der Waals surface area contributed by atoms with E-state index in [9.17, 15) is 19.2 Å². The van der Waals surface area contributed by atoms with Gasteiger partial charge >= 0.3 is 12.1 Å². The summed E-state index contributed by atoms with van der Waals surface area (Å²) < 4.78 is 5.45. The summed E-state index contributed by atoms with van der Waals surface area (Å²) in [4.78, 5) is 49.5. The summed E-state index contributed by atoms with van der Waals surface area (Å²) in [5.74, 6) is -0.453. The van der Waals surface area contributed by atoms with Crippen LogP contribution in [0.25, 0.3) is 0 Å². The first kappa shape index (κ1) is 18.0. The molecule has 3 N–H and O–H groups in total. The molecule has 1 aromatic heterocycles. The van der Waals surface area contributed by atoms with Gasteiger partial charge in [-0.1, -0.05) is 12.8 Å². The highest BCUT2D eigenvalue weighted by atomic mass is 16.3. The van der Waals surface area contributed by atoms with Crippen LogP contribution >= 0.6 is 0 Å². The van der Waals surface area contributed by atoms with Crippen LogP contribution in [-0.2, 0) is 15.1 Å². The minimum atomic E-state index is -1.38. The molecule has 0 bridgehead atoms. The topological polar surface area (TPSA) is 121 Å². The number of amides is 6. The first-order valence-electron chi connectivity index (χ1n) is 8.61. The van der Waals surface area contributed by atoms with Crippen LogP contribution in [0.5, 0.6) is 0 Å². The Bertz CT molecular complexity index is 752. The van der Waals surface area contributed by atoms with Gasteiger partial charge in [-0.25, -0.2) is 9.59 Å². The van der Waals surface area contributed by atoms with Gasteiger partial charge in [0.2, 0.25) is 5.91 Å². The molecular weight excluding hydrogens is 340 g/mol. The zero-order valence-electron chi connectivity index (χ0n) is 14.8. The van der Waals surface area contributed by atoms with Crippen LogP contribution in [0, 0.1) is 6.92 Å². The average molecular weight is 362 g/mol. The Labute approximate surface area is 150 Å². The SMILES string of the molecule is Cc1ccc(C2(C)NC(=O)N(CC(=O)NC(=O)NC3CCCC3)C2=O)o1. The van der Waals surface area contributed by atoms with E-state index in [0.29, 0.717) is 5.76 Å². The van der Waals surface area contributed by atoms with Crippen LogP contribution in [0.15, 0.2) is 16.5 Å². The van der Waals surface area contributed by atoms with Gasteiger partial charge < -0.3 is 15.1 Å². The Morgan fingerprint density at radius 3 is 2.62 bits per heavy atom. The van der Waals surface area contributed by atoms with Crippen molar-refractivity contribution in [1.82, 2.24) is 20.9 Å². The maximum Gasteiger partial charge on any atom is 0.325 e. The summed E-state index contributed by atoms with van der Waals surface area (Å²) in [6.07, 6.45) is 3.86. The van der Waals surface area contributed by atoms with Crippen LogP contribution in [0.2, 0.25) is 0 Å². The fraction of sp³-hybridized carbons (Fsp3) is 0.529. The standard InChI is InChI=1S/C17H22N4O5/c1-10-7-8-12(26-10)17(2)14(23)21(16(25)20-17)9-13(22)19-15(24)18-11-5-3-4-6-11/h7-8,11H,3-6,9H2,1-2H3,(H,20,25)(H2,18,19,22,24). The van der Waals surface area contributed by atoms with Gasteiger partial charge in [-0.05, 0) is 38.8 Å². The summed E-state index contributed by atoms with van der Waals surface area (Å²) in [5, 5.41) is 7.41. The minimum Gasteiger partial charge on any atom is -0.463 e. The fourth-order valence-electron chi connectivity index (χ4n) is 3.31. The molecule has 26 heavy (non-hydrogen) atoms. The molecule has 0 aromatic carbocycles. The Balaban J connectivity index is 1.60. The van der Waals surface area contributed by atoms with Crippen molar-refractivity contribution >= 4 is 23.9 Å². The second-order valence-electron chi connectivity index (χ2n) is 6.86. The number of nitrogens with zero attached hydrogens (tertiary/aromatic N) is 1. The molecule has 1 aliphatic heterocycles. The Morgan fingerprint density at radius 2 is 2.00 bits per heavy atom. The molecule has 2 aliphatic rings. The third kappa shape index (κ3) is 3.42. The number of aryl methyl sites for hydroxylation is 1. The number of nitrogens with one attached hydrogen (secondary N) is 3. The van der Waals surface area contributed by atoms with E-state index in [2.05, 4.69) is 16.0 Å². The van der Waals surface area contributed by atoms with Gasteiger partial charge in [0.05, 0.1) is 0 Å². The first-order chi connectivity index (χ1) is 12.3. The van der Waals surface area contributed by atoms with Crippen molar-refractivity contribution in [2.75, 3.05) is 6.54 Å². The number of furan rings is 1. The second kappa shape index (κ2) is 6.81. The summed E-state index contributed by atoms with van der Waals surface area (Å²) in [6, 6.07) is 2.02. The van der Waals surface area contributed by atoms with E-state index in [-0.39, 0.29) is 11.8 Å². The van der Waals surface area contributed by atoms with E-state index < -0.39 is 36.0 Å². The molecule has 0 spiro atoms. The molecule has 3 rings (SSSR count). The zero-order chi connectivity index (χ0) is 18.9. The molecule has 6 amide bonds. The van der Waals surface area contributed by atoms with Gasteiger partial charge in [0.1, 0.15) is 18.1 Å². The lowest BCUT2D eigenvalue weighted by Gasteiger charge is -2.19. The molecule has 2 fully saturated rings. The zero-order valence-corrected chi connectivity index (χ0v) is 14.8. The second-order valence-corrected chi connectivity index (χ2v) is 6.86. The van der Waals surface area contributed by atoms with E-state index in [1.807, 2.05) is 0 Å². The van der Waals surface area contributed by atoms with E-state index in [0.717, 1.165) is 30.6 Å². The number of hydrogen-bond acceptors (Lipinski definition) is 5. The Kier molecular flexibility index (Phi) is 4.71. The smallest absolute Gasteiger partial charge is 0.325 e. The monoisotopic (exact) mass is 362 g/mol. The number of carbonyl (C=O) groups excluding carboxylic acids is 4. The van der Waals surface area contributed by atoms with E-state index in [4.69, 9.17) is 4.42 Å². The quantitative estimate of drug-likeness (QED) is 0.693. The third-order valence-corrected chi connectivity index (χ3v) is 4.75. The van der Waals surface area contributed by atoms with E-state index in [1.165, 1.54) is 6.92 Å². The number of carbonyl (C=O) groups is 4. The van der Waals surface area contributed by atoms with Gasteiger partial charge in [-0.3, -0.25) is 19.8 Å². The molecule has 2 heterocycles.